The molecule has 0 radical (unpaired) electrons. The number of ether oxygens (including phenoxy) is 2. The van der Waals surface area contributed by atoms with E-state index >= 15 is 0 Å². The smallest absolute Gasteiger partial charge is 0.251 e. The Morgan fingerprint density at radius 1 is 0.921 bits per heavy atom. The fourth-order valence-corrected chi connectivity index (χ4v) is 4.76. The van der Waals surface area contributed by atoms with Crippen LogP contribution in [-0.4, -0.2) is 79.5 Å². The number of hydrogen-bond donors (Lipinski definition) is 4. The van der Waals surface area contributed by atoms with Crippen molar-refractivity contribution in [1.29, 1.82) is 0 Å². The van der Waals surface area contributed by atoms with Crippen LogP contribution in [0.15, 0.2) is 24.3 Å². The molecule has 208 valence electrons. The number of hydrogen-bond acceptors (Lipinski definition) is 10. The first-order valence-electron chi connectivity index (χ1n) is 14.0. The van der Waals surface area contributed by atoms with Gasteiger partial charge in [0.05, 0.1) is 26.4 Å². The number of aromatic nitrogens is 3. The lowest BCUT2D eigenvalue weighted by atomic mass is 9.96. The van der Waals surface area contributed by atoms with Crippen molar-refractivity contribution in [3.05, 3.63) is 29.8 Å². The first-order valence-corrected chi connectivity index (χ1v) is 14.0. The second kappa shape index (κ2) is 15.4. The van der Waals surface area contributed by atoms with Gasteiger partial charge in [0, 0.05) is 43.5 Å². The minimum Gasteiger partial charge on any atom is -0.378 e. The normalized spacial score (nSPS) is 16.3. The quantitative estimate of drug-likeness (QED) is 0.272. The first-order chi connectivity index (χ1) is 18.7. The number of piperidine rings is 1. The van der Waals surface area contributed by atoms with Crippen molar-refractivity contribution in [2.45, 2.75) is 57.4 Å². The largest absolute Gasteiger partial charge is 0.378 e. The number of nitrogens with zero attached hydrogens (tertiary/aromatic N) is 4. The number of nitrogens with one attached hydrogen (secondary N) is 3. The summed E-state index contributed by atoms with van der Waals surface area (Å²) in [5.41, 5.74) is 6.67. The van der Waals surface area contributed by atoms with Crippen molar-refractivity contribution in [2.75, 3.05) is 68.1 Å². The van der Waals surface area contributed by atoms with Crippen LogP contribution in [0.5, 0.6) is 0 Å². The van der Waals surface area contributed by atoms with Crippen molar-refractivity contribution < 1.29 is 14.3 Å². The third kappa shape index (κ3) is 9.07. The van der Waals surface area contributed by atoms with Crippen LogP contribution >= 0.6 is 0 Å². The van der Waals surface area contributed by atoms with Gasteiger partial charge >= 0.3 is 0 Å². The van der Waals surface area contributed by atoms with E-state index in [4.69, 9.17) is 25.2 Å². The Bertz CT molecular complexity index is 996. The highest BCUT2D eigenvalue weighted by Crippen LogP contribution is 2.24. The molecule has 11 nitrogen and oxygen atoms in total. The van der Waals surface area contributed by atoms with Gasteiger partial charge in [0.2, 0.25) is 17.8 Å². The van der Waals surface area contributed by atoms with E-state index in [9.17, 15) is 4.79 Å². The minimum absolute atomic E-state index is 0.166. The Labute approximate surface area is 225 Å². The van der Waals surface area contributed by atoms with E-state index in [-0.39, 0.29) is 5.91 Å². The highest BCUT2D eigenvalue weighted by molar-refractivity contribution is 5.95. The molecule has 2 heterocycles. The highest BCUT2D eigenvalue weighted by Gasteiger charge is 2.19. The molecule has 1 aromatic carbocycles. The van der Waals surface area contributed by atoms with Gasteiger partial charge in [-0.25, -0.2) is 0 Å². The van der Waals surface area contributed by atoms with Gasteiger partial charge in [-0.05, 0) is 50.3 Å². The lowest BCUT2D eigenvalue weighted by Gasteiger charge is -2.28. The van der Waals surface area contributed by atoms with Crippen molar-refractivity contribution in [1.82, 2.24) is 20.3 Å². The summed E-state index contributed by atoms with van der Waals surface area (Å²) in [7, 11) is 0. The van der Waals surface area contributed by atoms with Crippen LogP contribution in [0.4, 0.5) is 23.5 Å². The molecule has 1 saturated carbocycles. The molecule has 2 aliphatic rings. The molecule has 0 bridgehead atoms. The van der Waals surface area contributed by atoms with Crippen LogP contribution in [0.25, 0.3) is 0 Å². The molecule has 1 aliphatic carbocycles. The molecule has 1 amide bonds. The zero-order valence-corrected chi connectivity index (χ0v) is 22.3. The molecule has 2 fully saturated rings. The second-order valence-electron chi connectivity index (χ2n) is 9.78. The van der Waals surface area contributed by atoms with E-state index in [0.29, 0.717) is 69.0 Å². The fraction of sp³-hybridized carbons (Fsp3) is 0.630. The maximum Gasteiger partial charge on any atom is 0.251 e. The number of anilines is 4. The second-order valence-corrected chi connectivity index (χ2v) is 9.78. The third-order valence-electron chi connectivity index (χ3n) is 6.75. The number of amides is 1. The van der Waals surface area contributed by atoms with Gasteiger partial charge in [-0.3, -0.25) is 4.79 Å². The van der Waals surface area contributed by atoms with E-state index < -0.39 is 0 Å². The highest BCUT2D eigenvalue weighted by atomic mass is 16.5. The fourth-order valence-electron chi connectivity index (χ4n) is 4.76. The predicted molar refractivity (Wildman–Crippen MR) is 149 cm³/mol. The summed E-state index contributed by atoms with van der Waals surface area (Å²) in [6, 6.07) is 7.72. The Morgan fingerprint density at radius 2 is 1.66 bits per heavy atom. The van der Waals surface area contributed by atoms with Gasteiger partial charge in [0.15, 0.2) is 0 Å². The van der Waals surface area contributed by atoms with Gasteiger partial charge in [-0.2, -0.15) is 15.0 Å². The van der Waals surface area contributed by atoms with Crippen LogP contribution in [-0.2, 0) is 9.47 Å². The SMILES string of the molecule is NCCOCCOCCNC(=O)c1cccc(Nc2nc(NC3CCCCC3)nc(N3CCCCC3)n2)c1. The number of nitrogens with two attached hydrogens (primary N) is 1. The van der Waals surface area contributed by atoms with E-state index in [1.807, 2.05) is 12.1 Å². The van der Waals surface area contributed by atoms with Crippen LogP contribution in [0, 0.1) is 0 Å². The summed E-state index contributed by atoms with van der Waals surface area (Å²) in [5, 5.41) is 9.73. The molecule has 0 atom stereocenters. The molecule has 0 unspecified atom stereocenters. The Hall–Kier alpha value is -3.02. The maximum absolute atomic E-state index is 12.7. The molecule has 38 heavy (non-hydrogen) atoms. The molecular weight excluding hydrogens is 484 g/mol. The van der Waals surface area contributed by atoms with Crippen molar-refractivity contribution in [3.63, 3.8) is 0 Å². The van der Waals surface area contributed by atoms with Crippen molar-refractivity contribution in [3.8, 4) is 0 Å². The molecule has 1 aliphatic heterocycles. The summed E-state index contributed by atoms with van der Waals surface area (Å²) in [4.78, 5) is 29.1. The Kier molecular flexibility index (Phi) is 11.4. The predicted octanol–water partition coefficient (Wildman–Crippen LogP) is 3.07. The lowest BCUT2D eigenvalue weighted by Crippen LogP contribution is -2.32. The zero-order valence-electron chi connectivity index (χ0n) is 22.3. The minimum atomic E-state index is -0.166. The van der Waals surface area contributed by atoms with Gasteiger partial charge < -0.3 is 36.1 Å². The van der Waals surface area contributed by atoms with Crippen LogP contribution in [0.1, 0.15) is 61.7 Å². The maximum atomic E-state index is 12.7. The van der Waals surface area contributed by atoms with Crippen LogP contribution in [0.3, 0.4) is 0 Å². The van der Waals surface area contributed by atoms with Gasteiger partial charge in [-0.1, -0.05) is 25.3 Å². The number of rotatable bonds is 14. The van der Waals surface area contributed by atoms with Crippen molar-refractivity contribution >= 4 is 29.4 Å². The third-order valence-corrected chi connectivity index (χ3v) is 6.75. The molecule has 1 saturated heterocycles. The number of benzene rings is 1. The Balaban J connectivity index is 1.36. The summed E-state index contributed by atoms with van der Waals surface area (Å²) in [6.07, 6.45) is 9.56. The standard InChI is InChI=1S/C27H42N8O3/c28-12-16-37-18-19-38-17-13-29-24(36)21-8-7-11-23(20-21)31-26-32-25(30-22-9-3-1-4-10-22)33-27(34-26)35-14-5-2-6-15-35/h7-8,11,20,22H,1-6,9-10,12-19,28H2,(H,29,36)(H2,30,31,32,33,34). The summed E-state index contributed by atoms with van der Waals surface area (Å²) in [5.74, 6) is 1.61. The molecule has 1 aromatic heterocycles. The van der Waals surface area contributed by atoms with Crippen molar-refractivity contribution in [2.24, 2.45) is 5.73 Å². The molecule has 11 heteroatoms. The van der Waals surface area contributed by atoms with E-state index in [1.54, 1.807) is 12.1 Å². The van der Waals surface area contributed by atoms with Gasteiger partial charge in [0.25, 0.3) is 5.91 Å². The van der Waals surface area contributed by atoms with Crippen LogP contribution in [0.2, 0.25) is 0 Å². The lowest BCUT2D eigenvalue weighted by molar-refractivity contribution is 0.0511. The van der Waals surface area contributed by atoms with Gasteiger partial charge in [-0.15, -0.1) is 0 Å². The molecular formula is C27H42N8O3. The zero-order chi connectivity index (χ0) is 26.4. The Morgan fingerprint density at radius 3 is 2.45 bits per heavy atom. The van der Waals surface area contributed by atoms with E-state index in [1.165, 1.54) is 25.7 Å². The summed E-state index contributed by atoms with van der Waals surface area (Å²) >= 11 is 0. The number of carbonyl (C=O) groups is 1. The molecule has 2 aromatic rings. The van der Waals surface area contributed by atoms with E-state index in [2.05, 4.69) is 25.8 Å². The van der Waals surface area contributed by atoms with Gasteiger partial charge in [0.1, 0.15) is 0 Å². The monoisotopic (exact) mass is 526 g/mol. The van der Waals surface area contributed by atoms with Crippen LogP contribution < -0.4 is 26.6 Å². The summed E-state index contributed by atoms with van der Waals surface area (Å²) < 4.78 is 10.7. The van der Waals surface area contributed by atoms with E-state index in [0.717, 1.165) is 44.5 Å². The summed E-state index contributed by atoms with van der Waals surface area (Å²) in [6.45, 7) is 4.71. The average Bonchev–Trinajstić information content (AvgIpc) is 2.95. The topological polar surface area (TPSA) is 140 Å². The first kappa shape index (κ1) is 28.0. The number of carbonyl (C=O) groups excluding carboxylic acids is 1. The molecule has 0 spiro atoms. The molecule has 4 rings (SSSR count). The molecule has 5 N–H and O–H groups in total. The average molecular weight is 527 g/mol.